The maximum Gasteiger partial charge on any atom is 0.150 e. The third-order valence-electron chi connectivity index (χ3n) is 2.98. The van der Waals surface area contributed by atoms with Crippen molar-refractivity contribution in [1.29, 1.82) is 0 Å². The van der Waals surface area contributed by atoms with Crippen LogP contribution in [0.25, 0.3) is 0 Å². The van der Waals surface area contributed by atoms with Crippen LogP contribution in [0.4, 0.5) is 0 Å². The van der Waals surface area contributed by atoms with Crippen molar-refractivity contribution in [3.8, 4) is 0 Å². The summed E-state index contributed by atoms with van der Waals surface area (Å²) in [6, 6.07) is 0.916. The van der Waals surface area contributed by atoms with Crippen LogP contribution in [0.15, 0.2) is 0 Å². The number of aromatic nitrogens is 3. The van der Waals surface area contributed by atoms with Crippen LogP contribution >= 0.6 is 0 Å². The van der Waals surface area contributed by atoms with E-state index in [1.807, 2.05) is 7.05 Å². The lowest BCUT2D eigenvalue weighted by atomic mass is 10.1. The summed E-state index contributed by atoms with van der Waals surface area (Å²) in [5.41, 5.74) is 0. The van der Waals surface area contributed by atoms with Crippen molar-refractivity contribution in [3.63, 3.8) is 0 Å². The first kappa shape index (κ1) is 13.2. The quantitative estimate of drug-likeness (QED) is 0.803. The summed E-state index contributed by atoms with van der Waals surface area (Å²) < 4.78 is 2.09. The first-order valence-electron chi connectivity index (χ1n) is 6.23. The van der Waals surface area contributed by atoms with Gasteiger partial charge in [-0.05, 0) is 27.3 Å². The molecular formula is C12H24N4. The Kier molecular flexibility index (Phi) is 4.93. The summed E-state index contributed by atoms with van der Waals surface area (Å²) in [7, 11) is 2.00. The molecule has 0 aromatic carbocycles. The lowest BCUT2D eigenvalue weighted by molar-refractivity contribution is 0.391. The molecule has 0 aliphatic carbocycles. The maximum absolute atomic E-state index is 4.56. The fourth-order valence-corrected chi connectivity index (χ4v) is 1.88. The molecule has 0 amide bonds. The minimum absolute atomic E-state index is 0.408. The number of nitrogens with zero attached hydrogens (tertiary/aromatic N) is 3. The minimum Gasteiger partial charge on any atom is -0.317 e. The molecule has 16 heavy (non-hydrogen) atoms. The predicted octanol–water partition coefficient (Wildman–Crippen LogP) is 1.96. The summed E-state index contributed by atoms with van der Waals surface area (Å²) >= 11 is 0. The second-order valence-electron chi connectivity index (χ2n) is 4.37. The molecule has 0 saturated heterocycles. The van der Waals surface area contributed by atoms with Gasteiger partial charge >= 0.3 is 0 Å². The van der Waals surface area contributed by atoms with Gasteiger partial charge in [0.2, 0.25) is 0 Å². The molecule has 0 aliphatic rings. The van der Waals surface area contributed by atoms with Crippen LogP contribution in [0.1, 0.15) is 51.8 Å². The maximum atomic E-state index is 4.56. The number of aryl methyl sites for hydroxylation is 2. The highest BCUT2D eigenvalue weighted by Crippen LogP contribution is 2.15. The molecule has 92 valence electrons. The van der Waals surface area contributed by atoms with E-state index < -0.39 is 0 Å². The highest BCUT2D eigenvalue weighted by Gasteiger charge is 2.15. The summed E-state index contributed by atoms with van der Waals surface area (Å²) in [6.07, 6.45) is 2.94. The van der Waals surface area contributed by atoms with Crippen molar-refractivity contribution in [3.05, 3.63) is 11.6 Å². The Morgan fingerprint density at radius 2 is 1.94 bits per heavy atom. The zero-order chi connectivity index (χ0) is 12.1. The Morgan fingerprint density at radius 3 is 2.44 bits per heavy atom. The predicted molar refractivity (Wildman–Crippen MR) is 66.6 cm³/mol. The first-order valence-corrected chi connectivity index (χ1v) is 6.23. The standard InChI is InChI=1S/C12H24N4/c1-6-11-14-12(7-2)16(15-11)10(4)8-9(3)13-5/h9-10,13H,6-8H2,1-5H3. The van der Waals surface area contributed by atoms with Crippen molar-refractivity contribution >= 4 is 0 Å². The molecule has 1 aromatic heterocycles. The lowest BCUT2D eigenvalue weighted by Crippen LogP contribution is -2.25. The molecule has 4 nitrogen and oxygen atoms in total. The summed E-state index contributed by atoms with van der Waals surface area (Å²) in [5.74, 6) is 2.06. The van der Waals surface area contributed by atoms with Gasteiger partial charge in [-0.2, -0.15) is 5.10 Å². The molecule has 4 heteroatoms. The van der Waals surface area contributed by atoms with Gasteiger partial charge in [0.05, 0.1) is 6.04 Å². The Morgan fingerprint density at radius 1 is 1.25 bits per heavy atom. The van der Waals surface area contributed by atoms with Crippen molar-refractivity contribution in [2.45, 2.75) is 59.0 Å². The summed E-state index contributed by atoms with van der Waals surface area (Å²) in [5, 5.41) is 7.83. The zero-order valence-electron chi connectivity index (χ0n) is 11.1. The molecule has 0 aliphatic heterocycles. The van der Waals surface area contributed by atoms with Crippen molar-refractivity contribution in [2.24, 2.45) is 0 Å². The molecule has 2 unspecified atom stereocenters. The van der Waals surface area contributed by atoms with E-state index in [9.17, 15) is 0 Å². The highest BCUT2D eigenvalue weighted by atomic mass is 15.4. The van der Waals surface area contributed by atoms with Crippen LogP contribution in [0.3, 0.4) is 0 Å². The summed E-state index contributed by atoms with van der Waals surface area (Å²) in [4.78, 5) is 4.53. The van der Waals surface area contributed by atoms with E-state index in [2.05, 4.69) is 47.8 Å². The van der Waals surface area contributed by atoms with E-state index in [0.29, 0.717) is 12.1 Å². The highest BCUT2D eigenvalue weighted by molar-refractivity contribution is 4.94. The number of nitrogens with one attached hydrogen (secondary N) is 1. The molecule has 0 fully saturated rings. The van der Waals surface area contributed by atoms with Crippen molar-refractivity contribution in [2.75, 3.05) is 7.05 Å². The Balaban J connectivity index is 2.80. The lowest BCUT2D eigenvalue weighted by Gasteiger charge is -2.18. The molecule has 0 saturated carbocycles. The molecule has 0 radical (unpaired) electrons. The van der Waals surface area contributed by atoms with Gasteiger partial charge in [0.25, 0.3) is 0 Å². The van der Waals surface area contributed by atoms with Crippen molar-refractivity contribution < 1.29 is 0 Å². The normalized spacial score (nSPS) is 15.1. The molecule has 1 rings (SSSR count). The van der Waals surface area contributed by atoms with Gasteiger partial charge in [-0.15, -0.1) is 0 Å². The SMILES string of the molecule is CCc1nc(CC)n(C(C)CC(C)NC)n1. The zero-order valence-corrected chi connectivity index (χ0v) is 11.1. The second kappa shape index (κ2) is 5.99. The molecular weight excluding hydrogens is 200 g/mol. The molecule has 2 atom stereocenters. The van der Waals surface area contributed by atoms with Gasteiger partial charge in [0.1, 0.15) is 5.82 Å². The number of rotatable bonds is 6. The van der Waals surface area contributed by atoms with Gasteiger partial charge in [0, 0.05) is 18.9 Å². The molecule has 1 aromatic rings. The Bertz CT molecular complexity index is 319. The van der Waals surface area contributed by atoms with E-state index in [-0.39, 0.29) is 0 Å². The van der Waals surface area contributed by atoms with Crippen LogP contribution in [-0.4, -0.2) is 27.9 Å². The number of hydrogen-bond acceptors (Lipinski definition) is 3. The average Bonchev–Trinajstić information content (AvgIpc) is 2.71. The molecule has 1 heterocycles. The third-order valence-corrected chi connectivity index (χ3v) is 2.98. The van der Waals surface area contributed by atoms with E-state index in [1.165, 1.54) is 0 Å². The van der Waals surface area contributed by atoms with E-state index in [0.717, 1.165) is 30.9 Å². The minimum atomic E-state index is 0.408. The van der Waals surface area contributed by atoms with E-state index in [4.69, 9.17) is 0 Å². The van der Waals surface area contributed by atoms with Crippen LogP contribution in [0.5, 0.6) is 0 Å². The van der Waals surface area contributed by atoms with Gasteiger partial charge in [-0.25, -0.2) is 9.67 Å². The van der Waals surface area contributed by atoms with Crippen molar-refractivity contribution in [1.82, 2.24) is 20.1 Å². The number of hydrogen-bond donors (Lipinski definition) is 1. The van der Waals surface area contributed by atoms with Crippen LogP contribution in [0, 0.1) is 0 Å². The Hall–Kier alpha value is -0.900. The molecule has 0 spiro atoms. The van der Waals surface area contributed by atoms with E-state index >= 15 is 0 Å². The van der Waals surface area contributed by atoms with Crippen LogP contribution in [-0.2, 0) is 12.8 Å². The monoisotopic (exact) mass is 224 g/mol. The first-order chi connectivity index (χ1) is 7.62. The fraction of sp³-hybridized carbons (Fsp3) is 0.833. The topological polar surface area (TPSA) is 42.7 Å². The van der Waals surface area contributed by atoms with E-state index in [1.54, 1.807) is 0 Å². The van der Waals surface area contributed by atoms with Gasteiger partial charge < -0.3 is 5.32 Å². The van der Waals surface area contributed by atoms with Crippen LogP contribution < -0.4 is 5.32 Å². The van der Waals surface area contributed by atoms with Gasteiger partial charge in [0.15, 0.2) is 5.82 Å². The van der Waals surface area contributed by atoms with Crippen LogP contribution in [0.2, 0.25) is 0 Å². The third kappa shape index (κ3) is 3.04. The van der Waals surface area contributed by atoms with Gasteiger partial charge in [-0.3, -0.25) is 0 Å². The molecule has 1 N–H and O–H groups in total. The summed E-state index contributed by atoms with van der Waals surface area (Å²) in [6.45, 7) is 8.63. The van der Waals surface area contributed by atoms with Gasteiger partial charge in [-0.1, -0.05) is 13.8 Å². The Labute approximate surface area is 98.5 Å². The largest absolute Gasteiger partial charge is 0.317 e. The molecule has 0 bridgehead atoms. The smallest absolute Gasteiger partial charge is 0.150 e. The average molecular weight is 224 g/mol. The second-order valence-corrected chi connectivity index (χ2v) is 4.37. The fourth-order valence-electron chi connectivity index (χ4n) is 1.88.